The van der Waals surface area contributed by atoms with E-state index in [1.165, 1.54) is 25.3 Å². The number of benzene rings is 1. The van der Waals surface area contributed by atoms with Crippen LogP contribution in [0.2, 0.25) is 0 Å². The predicted molar refractivity (Wildman–Crippen MR) is 72.3 cm³/mol. The summed E-state index contributed by atoms with van der Waals surface area (Å²) >= 11 is 0. The molecule has 20 heavy (non-hydrogen) atoms. The molecule has 0 unspecified atom stereocenters. The first-order valence-corrected chi connectivity index (χ1v) is 6.64. The fraction of sp³-hybridized carbons (Fsp3) is 0.429. The minimum Gasteiger partial charge on any atom is -0.478 e. The number of nitrogens with one attached hydrogen (secondary N) is 2. The molecule has 3 N–H and O–H groups in total. The average Bonchev–Trinajstić information content (AvgIpc) is 2.34. The van der Waals surface area contributed by atoms with Crippen LogP contribution in [0, 0.1) is 11.7 Å². The monoisotopic (exact) mass is 280 g/mol. The SMILES string of the molecule is O=C(NCCC1CCC1)Nc1ccc(F)c(C(=O)O)c1. The van der Waals surface area contributed by atoms with E-state index in [0.717, 1.165) is 18.6 Å². The third kappa shape index (κ3) is 3.69. The summed E-state index contributed by atoms with van der Waals surface area (Å²) in [6.07, 6.45) is 4.67. The highest BCUT2D eigenvalue weighted by Crippen LogP contribution is 2.28. The maximum atomic E-state index is 13.2. The summed E-state index contributed by atoms with van der Waals surface area (Å²) in [6, 6.07) is 3.04. The summed E-state index contributed by atoms with van der Waals surface area (Å²) in [4.78, 5) is 22.4. The van der Waals surface area contributed by atoms with Crippen molar-refractivity contribution in [1.29, 1.82) is 0 Å². The molecule has 6 heteroatoms. The molecule has 1 saturated carbocycles. The van der Waals surface area contributed by atoms with Gasteiger partial charge in [0, 0.05) is 12.2 Å². The number of rotatable bonds is 5. The standard InChI is InChI=1S/C14H17FN2O3/c15-12-5-4-10(8-11(12)13(18)19)17-14(20)16-7-6-9-2-1-3-9/h4-5,8-9H,1-3,6-7H2,(H,18,19)(H2,16,17,20). The van der Waals surface area contributed by atoms with Crippen molar-refractivity contribution in [2.75, 3.05) is 11.9 Å². The van der Waals surface area contributed by atoms with Gasteiger partial charge in [-0.3, -0.25) is 0 Å². The molecule has 1 aliphatic carbocycles. The number of carbonyl (C=O) groups is 2. The van der Waals surface area contributed by atoms with Crippen LogP contribution in [0.1, 0.15) is 36.0 Å². The van der Waals surface area contributed by atoms with E-state index < -0.39 is 23.4 Å². The Morgan fingerprint density at radius 1 is 1.35 bits per heavy atom. The number of aromatic carboxylic acids is 1. The van der Waals surface area contributed by atoms with Gasteiger partial charge in [0.15, 0.2) is 0 Å². The molecular formula is C14H17FN2O3. The third-order valence-corrected chi connectivity index (χ3v) is 3.52. The van der Waals surface area contributed by atoms with E-state index in [1.807, 2.05) is 0 Å². The van der Waals surface area contributed by atoms with Crippen LogP contribution in [0.25, 0.3) is 0 Å². The summed E-state index contributed by atoms with van der Waals surface area (Å²) in [5, 5.41) is 14.0. The molecule has 1 aromatic carbocycles. The second-order valence-electron chi connectivity index (χ2n) is 4.97. The van der Waals surface area contributed by atoms with Crippen LogP contribution in [0.3, 0.4) is 0 Å². The Balaban J connectivity index is 1.83. The number of anilines is 1. The lowest BCUT2D eigenvalue weighted by Gasteiger charge is -2.25. The lowest BCUT2D eigenvalue weighted by atomic mass is 9.83. The summed E-state index contributed by atoms with van der Waals surface area (Å²) < 4.78 is 13.2. The zero-order valence-corrected chi connectivity index (χ0v) is 11.0. The van der Waals surface area contributed by atoms with Crippen molar-refractivity contribution in [2.24, 2.45) is 5.92 Å². The number of carboxylic acids is 1. The molecule has 2 rings (SSSR count). The van der Waals surface area contributed by atoms with Crippen molar-refractivity contribution in [3.8, 4) is 0 Å². The number of carboxylic acid groups (broad SMARTS) is 1. The van der Waals surface area contributed by atoms with Crippen LogP contribution in [0.4, 0.5) is 14.9 Å². The zero-order valence-electron chi connectivity index (χ0n) is 11.0. The minimum absolute atomic E-state index is 0.255. The zero-order chi connectivity index (χ0) is 14.5. The van der Waals surface area contributed by atoms with Gasteiger partial charge in [-0.25, -0.2) is 14.0 Å². The number of carbonyl (C=O) groups excluding carboxylic acids is 1. The Labute approximate surface area is 116 Å². The maximum absolute atomic E-state index is 13.2. The van der Waals surface area contributed by atoms with Gasteiger partial charge in [-0.15, -0.1) is 0 Å². The second-order valence-corrected chi connectivity index (χ2v) is 4.97. The van der Waals surface area contributed by atoms with E-state index >= 15 is 0 Å². The van der Waals surface area contributed by atoms with Crippen molar-refractivity contribution in [1.82, 2.24) is 5.32 Å². The highest BCUT2D eigenvalue weighted by molar-refractivity contribution is 5.93. The molecule has 108 valence electrons. The molecule has 1 aromatic rings. The van der Waals surface area contributed by atoms with E-state index in [9.17, 15) is 14.0 Å². The molecule has 0 heterocycles. The smallest absolute Gasteiger partial charge is 0.338 e. The Morgan fingerprint density at radius 3 is 2.70 bits per heavy atom. The molecule has 1 fully saturated rings. The molecule has 0 aliphatic heterocycles. The fourth-order valence-corrected chi connectivity index (χ4v) is 2.11. The minimum atomic E-state index is -1.36. The van der Waals surface area contributed by atoms with Gasteiger partial charge in [0.2, 0.25) is 0 Å². The van der Waals surface area contributed by atoms with Crippen LogP contribution in [-0.2, 0) is 0 Å². The van der Waals surface area contributed by atoms with Crippen LogP contribution >= 0.6 is 0 Å². The van der Waals surface area contributed by atoms with E-state index in [-0.39, 0.29) is 5.69 Å². The molecule has 0 atom stereocenters. The molecule has 2 amide bonds. The summed E-state index contributed by atoms with van der Waals surface area (Å²) in [6.45, 7) is 0.587. The Kier molecular flexibility index (Phi) is 4.55. The molecule has 5 nitrogen and oxygen atoms in total. The summed E-state index contributed by atoms with van der Waals surface area (Å²) in [5.41, 5.74) is -0.206. The van der Waals surface area contributed by atoms with Gasteiger partial charge < -0.3 is 15.7 Å². The van der Waals surface area contributed by atoms with E-state index in [0.29, 0.717) is 12.5 Å². The molecule has 0 radical (unpaired) electrons. The molecule has 0 saturated heterocycles. The fourth-order valence-electron chi connectivity index (χ4n) is 2.11. The van der Waals surface area contributed by atoms with E-state index in [2.05, 4.69) is 10.6 Å². The van der Waals surface area contributed by atoms with E-state index in [1.54, 1.807) is 0 Å². The number of halogens is 1. The van der Waals surface area contributed by atoms with Gasteiger partial charge in [-0.05, 0) is 30.5 Å². The van der Waals surface area contributed by atoms with E-state index in [4.69, 9.17) is 5.11 Å². The summed E-state index contributed by atoms with van der Waals surface area (Å²) in [5.74, 6) is -1.48. The first kappa shape index (κ1) is 14.3. The highest BCUT2D eigenvalue weighted by Gasteiger charge is 2.17. The van der Waals surface area contributed by atoms with Crippen molar-refractivity contribution in [2.45, 2.75) is 25.7 Å². The normalized spacial score (nSPS) is 14.4. The lowest BCUT2D eigenvalue weighted by molar-refractivity contribution is 0.0692. The molecular weight excluding hydrogens is 263 g/mol. The van der Waals surface area contributed by atoms with Gasteiger partial charge in [0.1, 0.15) is 5.82 Å². The Bertz CT molecular complexity index is 515. The predicted octanol–water partition coefficient (Wildman–Crippen LogP) is 2.84. The van der Waals surface area contributed by atoms with Gasteiger partial charge in [0.05, 0.1) is 5.56 Å². The van der Waals surface area contributed by atoms with Crippen molar-refractivity contribution in [3.63, 3.8) is 0 Å². The topological polar surface area (TPSA) is 78.4 Å². The largest absolute Gasteiger partial charge is 0.478 e. The van der Waals surface area contributed by atoms with Gasteiger partial charge in [-0.2, -0.15) is 0 Å². The first-order valence-electron chi connectivity index (χ1n) is 6.64. The molecule has 0 aromatic heterocycles. The quantitative estimate of drug-likeness (QED) is 0.776. The van der Waals surface area contributed by atoms with Gasteiger partial charge in [0.25, 0.3) is 0 Å². The first-order chi connectivity index (χ1) is 9.56. The number of amides is 2. The Morgan fingerprint density at radius 2 is 2.10 bits per heavy atom. The van der Waals surface area contributed by atoms with Crippen molar-refractivity contribution >= 4 is 17.7 Å². The number of urea groups is 1. The number of hydrogen-bond acceptors (Lipinski definition) is 2. The summed E-state index contributed by atoms with van der Waals surface area (Å²) in [7, 11) is 0. The van der Waals surface area contributed by atoms with Crippen LogP contribution in [-0.4, -0.2) is 23.7 Å². The van der Waals surface area contributed by atoms with Crippen LogP contribution < -0.4 is 10.6 Å². The van der Waals surface area contributed by atoms with Crippen molar-refractivity contribution in [3.05, 3.63) is 29.6 Å². The van der Waals surface area contributed by atoms with Gasteiger partial charge >= 0.3 is 12.0 Å². The number of hydrogen-bond donors (Lipinski definition) is 3. The lowest BCUT2D eigenvalue weighted by Crippen LogP contribution is -2.31. The molecule has 1 aliphatic rings. The van der Waals surface area contributed by atoms with Crippen LogP contribution in [0.15, 0.2) is 18.2 Å². The van der Waals surface area contributed by atoms with Crippen LogP contribution in [0.5, 0.6) is 0 Å². The second kappa shape index (κ2) is 6.36. The third-order valence-electron chi connectivity index (χ3n) is 3.52. The van der Waals surface area contributed by atoms with Gasteiger partial charge in [-0.1, -0.05) is 19.3 Å². The Hall–Kier alpha value is -2.11. The molecule has 0 spiro atoms. The maximum Gasteiger partial charge on any atom is 0.338 e. The average molecular weight is 280 g/mol. The highest BCUT2D eigenvalue weighted by atomic mass is 19.1. The van der Waals surface area contributed by atoms with Crippen molar-refractivity contribution < 1.29 is 19.1 Å². The molecule has 0 bridgehead atoms.